The molecule has 2 aliphatic rings. The largest absolute Gasteiger partial charge is 0.480 e. The Balaban J connectivity index is 2.15. The normalized spacial score (nSPS) is 31.6. The molecule has 0 bridgehead atoms. The molecule has 8 heteroatoms. The second-order valence-electron chi connectivity index (χ2n) is 6.27. The van der Waals surface area contributed by atoms with Crippen molar-refractivity contribution in [3.63, 3.8) is 0 Å². The number of nitrogens with one attached hydrogen (secondary N) is 1. The third-order valence-corrected chi connectivity index (χ3v) is 5.12. The molecule has 2 heterocycles. The van der Waals surface area contributed by atoms with E-state index in [-0.39, 0.29) is 11.3 Å². The van der Waals surface area contributed by atoms with Gasteiger partial charge in [0.25, 0.3) is 0 Å². The zero-order chi connectivity index (χ0) is 15.5. The highest BCUT2D eigenvalue weighted by Gasteiger charge is 2.64. The number of carboxylic acids is 1. The van der Waals surface area contributed by atoms with Crippen molar-refractivity contribution in [1.29, 1.82) is 0 Å². The highest BCUT2D eigenvalue weighted by atomic mass is 32.2. The summed E-state index contributed by atoms with van der Waals surface area (Å²) in [6, 6.07) is -1.57. The Hall–Kier alpha value is -1.28. The Morgan fingerprint density at radius 2 is 2.00 bits per heavy atom. The number of hydrogen-bond acceptors (Lipinski definition) is 5. The number of nitrogens with zero attached hydrogens (tertiary/aromatic N) is 1. The Kier molecular flexibility index (Phi) is 3.29. The molecule has 2 fully saturated rings. The summed E-state index contributed by atoms with van der Waals surface area (Å²) in [5.41, 5.74) is 4.60. The average molecular weight is 301 g/mol. The van der Waals surface area contributed by atoms with Crippen LogP contribution in [-0.4, -0.2) is 55.5 Å². The minimum absolute atomic E-state index is 0.343. The third kappa shape index (κ3) is 2.16. The van der Waals surface area contributed by atoms with Gasteiger partial charge in [-0.05, 0) is 27.7 Å². The van der Waals surface area contributed by atoms with Crippen LogP contribution < -0.4 is 11.1 Å². The molecule has 0 aromatic heterocycles. The fourth-order valence-corrected chi connectivity index (χ4v) is 4.10. The van der Waals surface area contributed by atoms with Crippen molar-refractivity contribution in [3.8, 4) is 0 Å². The lowest BCUT2D eigenvalue weighted by Gasteiger charge is -2.44. The molecule has 2 rings (SSSR count). The van der Waals surface area contributed by atoms with Gasteiger partial charge in [0.15, 0.2) is 0 Å². The second kappa shape index (κ2) is 4.36. The minimum atomic E-state index is -1.08. The first kappa shape index (κ1) is 15.1. The number of carboxylic acid groups (broad SMARTS) is 1. The molecule has 2 amide bonds. The second-order valence-corrected chi connectivity index (χ2v) is 8.04. The number of fused-ring (bicyclic) bond motifs is 1. The molecule has 0 unspecified atom stereocenters. The van der Waals surface area contributed by atoms with Crippen molar-refractivity contribution in [2.75, 3.05) is 0 Å². The Morgan fingerprint density at radius 1 is 1.45 bits per heavy atom. The van der Waals surface area contributed by atoms with Gasteiger partial charge in [-0.2, -0.15) is 0 Å². The lowest BCUT2D eigenvalue weighted by atomic mass is 9.95. The molecule has 2 aliphatic heterocycles. The summed E-state index contributed by atoms with van der Waals surface area (Å²) < 4.78 is -0.593. The number of aliphatic carboxylic acids is 1. The molecule has 0 spiro atoms. The molecule has 20 heavy (non-hydrogen) atoms. The molecule has 0 radical (unpaired) electrons. The van der Waals surface area contributed by atoms with Gasteiger partial charge in [0.05, 0.1) is 5.54 Å². The van der Waals surface area contributed by atoms with Gasteiger partial charge in [-0.15, -0.1) is 11.8 Å². The molecule has 112 valence electrons. The monoisotopic (exact) mass is 301 g/mol. The van der Waals surface area contributed by atoms with Crippen LogP contribution >= 0.6 is 11.8 Å². The van der Waals surface area contributed by atoms with E-state index in [2.05, 4.69) is 5.32 Å². The summed E-state index contributed by atoms with van der Waals surface area (Å²) in [4.78, 5) is 36.6. The smallest absolute Gasteiger partial charge is 0.327 e. The van der Waals surface area contributed by atoms with Gasteiger partial charge in [-0.1, -0.05) is 0 Å². The van der Waals surface area contributed by atoms with Crippen molar-refractivity contribution in [2.45, 2.75) is 55.4 Å². The summed E-state index contributed by atoms with van der Waals surface area (Å²) in [6.45, 7) is 6.67. The number of carbonyl (C=O) groups excluding carboxylic acids is 2. The quantitative estimate of drug-likeness (QED) is 0.597. The fourth-order valence-electron chi connectivity index (χ4n) is 2.47. The van der Waals surface area contributed by atoms with Crippen LogP contribution in [0.2, 0.25) is 0 Å². The van der Waals surface area contributed by atoms with Crippen LogP contribution in [0.25, 0.3) is 0 Å². The van der Waals surface area contributed by atoms with E-state index in [1.165, 1.54) is 16.7 Å². The van der Waals surface area contributed by atoms with Gasteiger partial charge in [-0.3, -0.25) is 9.59 Å². The molecule has 2 saturated heterocycles. The number of thioether (sulfide) groups is 1. The molecule has 0 saturated carbocycles. The molecule has 0 aromatic carbocycles. The van der Waals surface area contributed by atoms with Crippen molar-refractivity contribution in [2.24, 2.45) is 5.73 Å². The predicted octanol–water partition coefficient (Wildman–Crippen LogP) is -0.645. The number of hydrogen-bond donors (Lipinski definition) is 3. The van der Waals surface area contributed by atoms with E-state index in [1.54, 1.807) is 27.7 Å². The third-order valence-electron chi connectivity index (χ3n) is 3.55. The Bertz CT molecular complexity index is 486. The van der Waals surface area contributed by atoms with E-state index in [0.717, 1.165) is 0 Å². The van der Waals surface area contributed by atoms with Gasteiger partial charge < -0.3 is 21.1 Å². The molecule has 7 nitrogen and oxygen atoms in total. The average Bonchev–Trinajstić information content (AvgIpc) is 2.53. The van der Waals surface area contributed by atoms with Crippen molar-refractivity contribution in [3.05, 3.63) is 0 Å². The van der Waals surface area contributed by atoms with Crippen molar-refractivity contribution in [1.82, 2.24) is 10.2 Å². The van der Waals surface area contributed by atoms with E-state index in [9.17, 15) is 19.5 Å². The number of carbonyl (C=O) groups is 3. The van der Waals surface area contributed by atoms with Gasteiger partial charge in [0.1, 0.15) is 17.5 Å². The fraction of sp³-hybridized carbons (Fsp3) is 0.750. The standard InChI is InChI=1S/C12H19N3O4S/c1-11(2,13)10(19)14-5-7(16)15-6(9(17)18)12(3,4)20-8(5)15/h5-6,8H,13H2,1-4H3,(H,14,19)(H,17,18)/t5-,6+,8-/m1/s1. The number of nitrogens with two attached hydrogens (primary N) is 1. The van der Waals surface area contributed by atoms with E-state index in [0.29, 0.717) is 0 Å². The predicted molar refractivity (Wildman–Crippen MR) is 73.9 cm³/mol. The molecular weight excluding hydrogens is 282 g/mol. The van der Waals surface area contributed by atoms with Crippen LogP contribution in [0.1, 0.15) is 27.7 Å². The summed E-state index contributed by atoms with van der Waals surface area (Å²) in [5.74, 6) is -1.81. The van der Waals surface area contributed by atoms with Gasteiger partial charge in [0.2, 0.25) is 11.8 Å². The van der Waals surface area contributed by atoms with Crippen LogP contribution in [0.15, 0.2) is 0 Å². The van der Waals surface area contributed by atoms with E-state index < -0.39 is 34.2 Å². The van der Waals surface area contributed by atoms with Crippen LogP contribution in [-0.2, 0) is 14.4 Å². The lowest BCUT2D eigenvalue weighted by molar-refractivity contribution is -0.161. The summed E-state index contributed by atoms with van der Waals surface area (Å²) in [6.07, 6.45) is 0. The zero-order valence-corrected chi connectivity index (χ0v) is 12.7. The topological polar surface area (TPSA) is 113 Å². The first-order chi connectivity index (χ1) is 8.97. The number of amides is 2. The van der Waals surface area contributed by atoms with Crippen LogP contribution in [0.4, 0.5) is 0 Å². The van der Waals surface area contributed by atoms with E-state index >= 15 is 0 Å². The van der Waals surface area contributed by atoms with Crippen LogP contribution in [0.3, 0.4) is 0 Å². The van der Waals surface area contributed by atoms with Gasteiger partial charge in [-0.25, -0.2) is 4.79 Å². The summed E-state index contributed by atoms with van der Waals surface area (Å²) in [5, 5.41) is 11.5. The first-order valence-corrected chi connectivity index (χ1v) is 7.17. The van der Waals surface area contributed by atoms with Crippen molar-refractivity contribution < 1.29 is 19.5 Å². The maximum Gasteiger partial charge on any atom is 0.327 e. The van der Waals surface area contributed by atoms with Crippen molar-refractivity contribution >= 4 is 29.5 Å². The summed E-state index contributed by atoms with van der Waals surface area (Å²) >= 11 is 1.39. The Labute approximate surface area is 121 Å². The maximum absolute atomic E-state index is 12.1. The van der Waals surface area contributed by atoms with E-state index in [1.807, 2.05) is 0 Å². The molecule has 4 N–H and O–H groups in total. The molecule has 0 aromatic rings. The van der Waals surface area contributed by atoms with Crippen LogP contribution in [0, 0.1) is 0 Å². The SMILES string of the molecule is CC(C)(N)C(=O)N[C@@H]1C(=O)N2[C@@H]1SC(C)(C)[C@@H]2C(=O)O. The molecule has 0 aliphatic carbocycles. The zero-order valence-electron chi connectivity index (χ0n) is 11.8. The molecular formula is C12H19N3O4S. The molecule has 3 atom stereocenters. The minimum Gasteiger partial charge on any atom is -0.480 e. The first-order valence-electron chi connectivity index (χ1n) is 6.29. The highest BCUT2D eigenvalue weighted by Crippen LogP contribution is 2.50. The summed E-state index contributed by atoms with van der Waals surface area (Å²) in [7, 11) is 0. The van der Waals surface area contributed by atoms with Gasteiger partial charge in [0, 0.05) is 4.75 Å². The van der Waals surface area contributed by atoms with Gasteiger partial charge >= 0.3 is 5.97 Å². The number of β-lactam (4-membered cyclic amide) rings is 1. The number of rotatable bonds is 3. The maximum atomic E-state index is 12.1. The highest BCUT2D eigenvalue weighted by molar-refractivity contribution is 8.01. The van der Waals surface area contributed by atoms with Crippen LogP contribution in [0.5, 0.6) is 0 Å². The van der Waals surface area contributed by atoms with E-state index in [4.69, 9.17) is 5.73 Å². The Morgan fingerprint density at radius 3 is 2.45 bits per heavy atom. The lowest BCUT2D eigenvalue weighted by Crippen LogP contribution is -2.72.